The maximum Gasteiger partial charge on any atom is 0.334 e. The number of carbonyl (C=O) groups is 3. The number of para-hydroxylation sites is 1. The molecule has 0 atom stereocenters. The number of nitrogens with zero attached hydrogens (tertiary/aromatic N) is 1. The van der Waals surface area contributed by atoms with Gasteiger partial charge in [0, 0.05) is 19.8 Å². The van der Waals surface area contributed by atoms with E-state index >= 15 is 0 Å². The lowest BCUT2D eigenvalue weighted by Gasteiger charge is -2.35. The lowest BCUT2D eigenvalue weighted by Crippen LogP contribution is -2.62. The highest BCUT2D eigenvalue weighted by Crippen LogP contribution is 2.36. The Kier molecular flexibility index (Phi) is 5.70. The van der Waals surface area contributed by atoms with Gasteiger partial charge < -0.3 is 9.47 Å². The molecule has 2 aromatic rings. The van der Waals surface area contributed by atoms with Crippen LogP contribution < -0.4 is 10.6 Å². The molecule has 0 saturated heterocycles. The smallest absolute Gasteiger partial charge is 0.334 e. The van der Waals surface area contributed by atoms with E-state index in [0.717, 1.165) is 16.1 Å². The van der Waals surface area contributed by atoms with E-state index in [-0.39, 0.29) is 30.8 Å². The fourth-order valence-corrected chi connectivity index (χ4v) is 3.70. The van der Waals surface area contributed by atoms with Crippen molar-refractivity contribution >= 4 is 17.8 Å². The Balaban J connectivity index is 2.03. The summed E-state index contributed by atoms with van der Waals surface area (Å²) in [5.41, 5.74) is 1.23. The number of hydrazine groups is 1. The standard InChI is InChI=1S/C22H24N2O5/c1-4-28-21(27)22(12-16-9-5-6-10-17(16)13-22)24(23)20(26)18-11-7-8-14(2)19(18)29-15(3)25/h5-11H,4,12-13,23H2,1-3H3. The average Bonchev–Trinajstić information content (AvgIpc) is 3.09. The third-order valence-electron chi connectivity index (χ3n) is 5.11. The molecule has 7 nitrogen and oxygen atoms in total. The van der Waals surface area contributed by atoms with E-state index in [1.54, 1.807) is 26.0 Å². The largest absolute Gasteiger partial charge is 0.464 e. The number of nitrogens with two attached hydrogens (primary N) is 1. The third-order valence-corrected chi connectivity index (χ3v) is 5.11. The fraction of sp³-hybridized carbons (Fsp3) is 0.318. The average molecular weight is 396 g/mol. The molecular formula is C22H24N2O5. The van der Waals surface area contributed by atoms with Crippen molar-refractivity contribution < 1.29 is 23.9 Å². The van der Waals surface area contributed by atoms with E-state index in [0.29, 0.717) is 5.56 Å². The highest BCUT2D eigenvalue weighted by atomic mass is 16.5. The number of fused-ring (bicyclic) bond motifs is 1. The molecule has 0 unspecified atom stereocenters. The summed E-state index contributed by atoms with van der Waals surface area (Å²) in [4.78, 5) is 37.8. The van der Waals surface area contributed by atoms with Crippen LogP contribution in [0.4, 0.5) is 0 Å². The van der Waals surface area contributed by atoms with Crippen LogP contribution in [0.2, 0.25) is 0 Å². The molecule has 0 bridgehead atoms. The van der Waals surface area contributed by atoms with Crippen molar-refractivity contribution in [1.29, 1.82) is 0 Å². The molecule has 152 valence electrons. The first-order chi connectivity index (χ1) is 13.8. The first kappa shape index (κ1) is 20.5. The van der Waals surface area contributed by atoms with Crippen molar-refractivity contribution in [2.24, 2.45) is 5.84 Å². The number of amides is 1. The van der Waals surface area contributed by atoms with E-state index in [1.165, 1.54) is 13.0 Å². The molecule has 0 spiro atoms. The molecule has 1 aliphatic rings. The minimum Gasteiger partial charge on any atom is -0.464 e. The summed E-state index contributed by atoms with van der Waals surface area (Å²) >= 11 is 0. The number of carbonyl (C=O) groups excluding carboxylic acids is 3. The summed E-state index contributed by atoms with van der Waals surface area (Å²) in [6.45, 7) is 4.86. The first-order valence-electron chi connectivity index (χ1n) is 9.41. The van der Waals surface area contributed by atoms with Crippen molar-refractivity contribution in [2.45, 2.75) is 39.2 Å². The van der Waals surface area contributed by atoms with Gasteiger partial charge in [-0.15, -0.1) is 0 Å². The number of benzene rings is 2. The van der Waals surface area contributed by atoms with Crippen LogP contribution in [-0.4, -0.2) is 35.0 Å². The Hall–Kier alpha value is -3.19. The maximum absolute atomic E-state index is 13.4. The van der Waals surface area contributed by atoms with Crippen LogP contribution in [0, 0.1) is 6.92 Å². The number of ether oxygens (including phenoxy) is 2. The molecule has 0 aliphatic heterocycles. The zero-order valence-corrected chi connectivity index (χ0v) is 16.7. The second kappa shape index (κ2) is 8.05. The monoisotopic (exact) mass is 396 g/mol. The van der Waals surface area contributed by atoms with Gasteiger partial charge in [0.1, 0.15) is 5.75 Å². The Morgan fingerprint density at radius 2 is 1.69 bits per heavy atom. The Bertz CT molecular complexity index is 944. The van der Waals surface area contributed by atoms with Crippen molar-refractivity contribution in [3.8, 4) is 5.75 Å². The highest BCUT2D eigenvalue weighted by Gasteiger charge is 2.51. The molecule has 0 saturated carbocycles. The van der Waals surface area contributed by atoms with E-state index in [2.05, 4.69) is 0 Å². The summed E-state index contributed by atoms with van der Waals surface area (Å²) < 4.78 is 10.5. The third kappa shape index (κ3) is 3.73. The summed E-state index contributed by atoms with van der Waals surface area (Å²) in [6.07, 6.45) is 0.498. The second-order valence-electron chi connectivity index (χ2n) is 7.09. The number of hydrogen-bond donors (Lipinski definition) is 1. The van der Waals surface area contributed by atoms with Crippen LogP contribution in [0.5, 0.6) is 5.75 Å². The van der Waals surface area contributed by atoms with E-state index in [4.69, 9.17) is 15.3 Å². The van der Waals surface area contributed by atoms with Gasteiger partial charge in [0.2, 0.25) is 0 Å². The molecule has 29 heavy (non-hydrogen) atoms. The lowest BCUT2D eigenvalue weighted by atomic mass is 9.93. The van der Waals surface area contributed by atoms with Gasteiger partial charge in [-0.25, -0.2) is 10.6 Å². The molecule has 7 heteroatoms. The predicted octanol–water partition coefficient (Wildman–Crippen LogP) is 2.34. The maximum atomic E-state index is 13.4. The van der Waals surface area contributed by atoms with E-state index in [9.17, 15) is 14.4 Å². The Morgan fingerprint density at radius 3 is 2.24 bits per heavy atom. The zero-order valence-electron chi connectivity index (χ0n) is 16.7. The minimum absolute atomic E-state index is 0.113. The van der Waals surface area contributed by atoms with Crippen LogP contribution in [-0.2, 0) is 27.2 Å². The summed E-state index contributed by atoms with van der Waals surface area (Å²) in [5, 5.41) is 0.937. The van der Waals surface area contributed by atoms with Crippen LogP contribution in [0.25, 0.3) is 0 Å². The summed E-state index contributed by atoms with van der Waals surface area (Å²) in [6, 6.07) is 12.5. The van der Waals surface area contributed by atoms with Crippen molar-refractivity contribution in [1.82, 2.24) is 5.01 Å². The molecule has 2 aromatic carbocycles. The van der Waals surface area contributed by atoms with Crippen molar-refractivity contribution in [2.75, 3.05) is 6.61 Å². The van der Waals surface area contributed by atoms with Crippen LogP contribution >= 0.6 is 0 Å². The normalized spacial score (nSPS) is 14.1. The Labute approximate surface area is 169 Å². The quantitative estimate of drug-likeness (QED) is 0.274. The molecule has 0 fully saturated rings. The molecule has 3 rings (SSSR count). The van der Waals surface area contributed by atoms with Crippen molar-refractivity contribution in [3.05, 3.63) is 64.7 Å². The van der Waals surface area contributed by atoms with Crippen LogP contribution in [0.3, 0.4) is 0 Å². The van der Waals surface area contributed by atoms with Gasteiger partial charge in [-0.1, -0.05) is 36.4 Å². The first-order valence-corrected chi connectivity index (χ1v) is 9.41. The van der Waals surface area contributed by atoms with Gasteiger partial charge in [0.05, 0.1) is 12.2 Å². The molecule has 1 aliphatic carbocycles. The zero-order chi connectivity index (χ0) is 21.2. The van der Waals surface area contributed by atoms with Crippen molar-refractivity contribution in [3.63, 3.8) is 0 Å². The van der Waals surface area contributed by atoms with Gasteiger partial charge in [0.15, 0.2) is 5.54 Å². The molecule has 1 amide bonds. The SMILES string of the molecule is CCOC(=O)C1(N(N)C(=O)c2cccc(C)c2OC(C)=O)Cc2ccccc2C1. The van der Waals surface area contributed by atoms with Gasteiger partial charge >= 0.3 is 11.9 Å². The minimum atomic E-state index is -1.37. The van der Waals surface area contributed by atoms with Crippen LogP contribution in [0.15, 0.2) is 42.5 Å². The number of esters is 2. The van der Waals surface area contributed by atoms with E-state index in [1.807, 2.05) is 24.3 Å². The van der Waals surface area contributed by atoms with Gasteiger partial charge in [-0.2, -0.15) is 0 Å². The molecule has 2 N–H and O–H groups in total. The van der Waals surface area contributed by atoms with Gasteiger partial charge in [-0.3, -0.25) is 14.6 Å². The summed E-state index contributed by atoms with van der Waals surface area (Å²) in [5.74, 6) is 4.69. The predicted molar refractivity (Wildman–Crippen MR) is 106 cm³/mol. The lowest BCUT2D eigenvalue weighted by molar-refractivity contribution is -0.156. The van der Waals surface area contributed by atoms with Gasteiger partial charge in [0.25, 0.3) is 5.91 Å². The number of rotatable bonds is 5. The van der Waals surface area contributed by atoms with Gasteiger partial charge in [-0.05, 0) is 36.6 Å². The van der Waals surface area contributed by atoms with E-state index < -0.39 is 23.4 Å². The molecule has 0 radical (unpaired) electrons. The number of aryl methyl sites for hydroxylation is 1. The molecule has 0 heterocycles. The topological polar surface area (TPSA) is 98.9 Å². The molecular weight excluding hydrogens is 372 g/mol. The van der Waals surface area contributed by atoms with Crippen LogP contribution in [0.1, 0.15) is 40.9 Å². The molecule has 0 aromatic heterocycles. The highest BCUT2D eigenvalue weighted by molar-refractivity contribution is 6.01. The summed E-state index contributed by atoms with van der Waals surface area (Å²) in [7, 11) is 0. The fourth-order valence-electron chi connectivity index (χ4n) is 3.70. The second-order valence-corrected chi connectivity index (χ2v) is 7.09. The Morgan fingerprint density at radius 1 is 1.07 bits per heavy atom. The number of hydrogen-bond acceptors (Lipinski definition) is 6.